The molecule has 5 nitrogen and oxygen atoms in total. The molecule has 0 aromatic carbocycles. The Morgan fingerprint density at radius 1 is 1.35 bits per heavy atom. The Kier molecular flexibility index (Phi) is 4.57. The van der Waals surface area contributed by atoms with Crippen molar-refractivity contribution in [3.63, 3.8) is 0 Å². The minimum absolute atomic E-state index is 0.0232. The van der Waals surface area contributed by atoms with Crippen LogP contribution in [-0.4, -0.2) is 45.4 Å². The van der Waals surface area contributed by atoms with Gasteiger partial charge in [0.1, 0.15) is 0 Å². The zero-order valence-corrected chi connectivity index (χ0v) is 12.3. The summed E-state index contributed by atoms with van der Waals surface area (Å²) >= 11 is 0. The van der Waals surface area contributed by atoms with Crippen LogP contribution in [0, 0.1) is 5.41 Å². The van der Waals surface area contributed by atoms with Crippen molar-refractivity contribution in [1.82, 2.24) is 14.3 Å². The molecule has 1 atom stereocenters. The van der Waals surface area contributed by atoms with Crippen LogP contribution < -0.4 is 10.0 Å². The molecule has 0 saturated heterocycles. The minimum atomic E-state index is -3.32. The van der Waals surface area contributed by atoms with Crippen molar-refractivity contribution in [2.45, 2.75) is 45.7 Å². The summed E-state index contributed by atoms with van der Waals surface area (Å²) in [5, 5.41) is 3.15. The van der Waals surface area contributed by atoms with Crippen LogP contribution in [0.4, 0.5) is 0 Å². The standard InChI is InChI=1S/C11H25N3O2S/c1-11(2,3)10(12-4)8-13-17(15,16)14(5)9-6-7-9/h9-10,12-13H,6-8H2,1-5H3/t10-/m1/s1. The van der Waals surface area contributed by atoms with E-state index in [9.17, 15) is 8.42 Å². The molecule has 1 aliphatic rings. The first kappa shape index (κ1) is 14.9. The van der Waals surface area contributed by atoms with Crippen LogP contribution in [0.1, 0.15) is 33.6 Å². The zero-order chi connectivity index (χ0) is 13.3. The molecule has 1 saturated carbocycles. The molecule has 1 rings (SSSR count). The van der Waals surface area contributed by atoms with Crippen LogP contribution >= 0.6 is 0 Å². The third-order valence-electron chi connectivity index (χ3n) is 3.30. The zero-order valence-electron chi connectivity index (χ0n) is 11.4. The highest BCUT2D eigenvalue weighted by molar-refractivity contribution is 7.87. The van der Waals surface area contributed by atoms with Gasteiger partial charge < -0.3 is 5.32 Å². The van der Waals surface area contributed by atoms with E-state index in [2.05, 4.69) is 30.8 Å². The predicted molar refractivity (Wildman–Crippen MR) is 70.0 cm³/mol. The van der Waals surface area contributed by atoms with Crippen molar-refractivity contribution in [2.24, 2.45) is 5.41 Å². The summed E-state index contributed by atoms with van der Waals surface area (Å²) in [7, 11) is 0.181. The molecule has 0 spiro atoms. The van der Waals surface area contributed by atoms with Crippen molar-refractivity contribution in [3.8, 4) is 0 Å². The van der Waals surface area contributed by atoms with E-state index < -0.39 is 10.2 Å². The Bertz CT molecular complexity index is 344. The van der Waals surface area contributed by atoms with E-state index in [-0.39, 0.29) is 17.5 Å². The molecule has 1 fully saturated rings. The molecule has 1 aliphatic carbocycles. The van der Waals surface area contributed by atoms with Gasteiger partial charge >= 0.3 is 0 Å². The summed E-state index contributed by atoms with van der Waals surface area (Å²) in [4.78, 5) is 0. The average Bonchev–Trinajstić information content (AvgIpc) is 2.98. The Morgan fingerprint density at radius 2 is 1.88 bits per heavy atom. The molecule has 17 heavy (non-hydrogen) atoms. The maximum atomic E-state index is 11.9. The maximum Gasteiger partial charge on any atom is 0.279 e. The molecule has 0 heterocycles. The van der Waals surface area contributed by atoms with Gasteiger partial charge in [-0.2, -0.15) is 12.7 Å². The van der Waals surface area contributed by atoms with Gasteiger partial charge in [-0.15, -0.1) is 0 Å². The molecule has 0 amide bonds. The van der Waals surface area contributed by atoms with Crippen LogP contribution in [0.25, 0.3) is 0 Å². The highest BCUT2D eigenvalue weighted by atomic mass is 32.2. The van der Waals surface area contributed by atoms with E-state index in [4.69, 9.17) is 0 Å². The van der Waals surface area contributed by atoms with Gasteiger partial charge in [0, 0.05) is 25.7 Å². The van der Waals surface area contributed by atoms with Crippen LogP contribution in [-0.2, 0) is 10.2 Å². The smallest absolute Gasteiger partial charge is 0.279 e. The molecular formula is C11H25N3O2S. The second-order valence-corrected chi connectivity index (χ2v) is 7.62. The Balaban J connectivity index is 2.53. The molecule has 6 heteroatoms. The molecule has 0 unspecified atom stereocenters. The van der Waals surface area contributed by atoms with Gasteiger partial charge in [0.15, 0.2) is 0 Å². The Hall–Kier alpha value is -0.170. The fourth-order valence-corrected chi connectivity index (χ4v) is 2.95. The van der Waals surface area contributed by atoms with E-state index >= 15 is 0 Å². The summed E-state index contributed by atoms with van der Waals surface area (Å²) < 4.78 is 28.0. The van der Waals surface area contributed by atoms with Crippen molar-refractivity contribution in [3.05, 3.63) is 0 Å². The molecule has 0 aliphatic heterocycles. The fraction of sp³-hybridized carbons (Fsp3) is 1.00. The van der Waals surface area contributed by atoms with Gasteiger partial charge in [0.25, 0.3) is 10.2 Å². The van der Waals surface area contributed by atoms with Gasteiger partial charge in [0.2, 0.25) is 0 Å². The van der Waals surface area contributed by atoms with E-state index in [1.807, 2.05) is 7.05 Å². The number of nitrogens with one attached hydrogen (secondary N) is 2. The van der Waals surface area contributed by atoms with Crippen LogP contribution in [0.15, 0.2) is 0 Å². The van der Waals surface area contributed by atoms with Gasteiger partial charge in [0.05, 0.1) is 0 Å². The quantitative estimate of drug-likeness (QED) is 0.735. The monoisotopic (exact) mass is 263 g/mol. The molecule has 2 N–H and O–H groups in total. The summed E-state index contributed by atoms with van der Waals surface area (Å²) in [5.41, 5.74) is 0.0232. The van der Waals surface area contributed by atoms with Gasteiger partial charge in [-0.1, -0.05) is 20.8 Å². The highest BCUT2D eigenvalue weighted by Gasteiger charge is 2.34. The Morgan fingerprint density at radius 3 is 2.24 bits per heavy atom. The maximum absolute atomic E-state index is 11.9. The lowest BCUT2D eigenvalue weighted by Gasteiger charge is -2.31. The normalized spacial score (nSPS) is 19.6. The third-order valence-corrected chi connectivity index (χ3v) is 4.89. The van der Waals surface area contributed by atoms with Crippen LogP contribution in [0.2, 0.25) is 0 Å². The SMILES string of the molecule is CN[C@H](CNS(=O)(=O)N(C)C1CC1)C(C)(C)C. The molecule has 0 aromatic rings. The second kappa shape index (κ2) is 5.22. The molecule has 0 bridgehead atoms. The number of hydrogen-bond acceptors (Lipinski definition) is 3. The van der Waals surface area contributed by atoms with E-state index in [0.29, 0.717) is 6.54 Å². The number of nitrogens with zero attached hydrogens (tertiary/aromatic N) is 1. The fourth-order valence-electron chi connectivity index (χ4n) is 1.77. The van der Waals surface area contributed by atoms with Crippen molar-refractivity contribution >= 4 is 10.2 Å². The van der Waals surface area contributed by atoms with Crippen molar-refractivity contribution < 1.29 is 8.42 Å². The first-order valence-corrected chi connectivity index (χ1v) is 7.52. The lowest BCUT2D eigenvalue weighted by molar-refractivity contribution is 0.280. The van der Waals surface area contributed by atoms with Crippen LogP contribution in [0.5, 0.6) is 0 Å². The molecular weight excluding hydrogens is 238 g/mol. The number of rotatable bonds is 6. The van der Waals surface area contributed by atoms with Gasteiger partial charge in [-0.05, 0) is 25.3 Å². The van der Waals surface area contributed by atoms with E-state index in [0.717, 1.165) is 12.8 Å². The number of hydrogen-bond donors (Lipinski definition) is 2. The highest BCUT2D eigenvalue weighted by Crippen LogP contribution is 2.27. The number of likely N-dealkylation sites (N-methyl/N-ethyl adjacent to an activating group) is 1. The van der Waals surface area contributed by atoms with Crippen LogP contribution in [0.3, 0.4) is 0 Å². The first-order valence-electron chi connectivity index (χ1n) is 6.08. The third kappa shape index (κ3) is 4.21. The van der Waals surface area contributed by atoms with Gasteiger partial charge in [-0.3, -0.25) is 0 Å². The predicted octanol–water partition coefficient (Wildman–Crippen LogP) is 0.549. The largest absolute Gasteiger partial charge is 0.315 e. The van der Waals surface area contributed by atoms with E-state index in [1.54, 1.807) is 7.05 Å². The lowest BCUT2D eigenvalue weighted by atomic mass is 9.87. The topological polar surface area (TPSA) is 61.4 Å². The van der Waals surface area contributed by atoms with Gasteiger partial charge in [-0.25, -0.2) is 4.72 Å². The van der Waals surface area contributed by atoms with Crippen molar-refractivity contribution in [2.75, 3.05) is 20.6 Å². The molecule has 0 aromatic heterocycles. The van der Waals surface area contributed by atoms with E-state index in [1.165, 1.54) is 4.31 Å². The molecule has 102 valence electrons. The molecule has 0 radical (unpaired) electrons. The minimum Gasteiger partial charge on any atom is -0.315 e. The first-order chi connectivity index (χ1) is 7.68. The summed E-state index contributed by atoms with van der Waals surface area (Å²) in [5.74, 6) is 0. The Labute approximate surface area is 105 Å². The summed E-state index contributed by atoms with van der Waals surface area (Å²) in [6.07, 6.45) is 1.96. The lowest BCUT2D eigenvalue weighted by Crippen LogP contribution is -2.50. The van der Waals surface area contributed by atoms with Crippen molar-refractivity contribution in [1.29, 1.82) is 0 Å². The summed E-state index contributed by atoms with van der Waals surface area (Å²) in [6, 6.07) is 0.319. The average molecular weight is 263 g/mol. The second-order valence-electron chi connectivity index (χ2n) is 5.81. The summed E-state index contributed by atoms with van der Waals surface area (Å²) in [6.45, 7) is 6.69.